The zero-order valence-electron chi connectivity index (χ0n) is 10.0. The maximum atomic E-state index is 11.2. The van der Waals surface area contributed by atoms with Crippen molar-refractivity contribution in [1.82, 2.24) is 0 Å². The molecular weight excluding hydrogens is 204 g/mol. The summed E-state index contributed by atoms with van der Waals surface area (Å²) in [7, 11) is -1.56. The van der Waals surface area contributed by atoms with E-state index in [1.54, 1.807) is 6.92 Å². The topological polar surface area (TPSA) is 26.3 Å². The van der Waals surface area contributed by atoms with Gasteiger partial charge in [-0.1, -0.05) is 0 Å². The van der Waals surface area contributed by atoms with Crippen molar-refractivity contribution in [2.24, 2.45) is 0 Å². The smallest absolute Gasteiger partial charge is 0.242 e. The molecule has 0 aliphatic carbocycles. The summed E-state index contributed by atoms with van der Waals surface area (Å²) >= 11 is 0. The standard InChI is InChI=1S/C12H18O2Si/c1-9-8-11(10(2)13)6-7-12(9)14-15(3,4)5/h6-8H,1-5H3. The van der Waals surface area contributed by atoms with Crippen LogP contribution < -0.4 is 4.43 Å². The molecule has 0 heterocycles. The number of aryl methyl sites for hydroxylation is 1. The van der Waals surface area contributed by atoms with Crippen molar-refractivity contribution in [2.75, 3.05) is 0 Å². The van der Waals surface area contributed by atoms with E-state index in [-0.39, 0.29) is 5.78 Å². The molecule has 2 nitrogen and oxygen atoms in total. The van der Waals surface area contributed by atoms with E-state index in [9.17, 15) is 4.79 Å². The van der Waals surface area contributed by atoms with Gasteiger partial charge in [-0.3, -0.25) is 4.79 Å². The van der Waals surface area contributed by atoms with Crippen molar-refractivity contribution in [3.63, 3.8) is 0 Å². The van der Waals surface area contributed by atoms with Gasteiger partial charge in [-0.2, -0.15) is 0 Å². The molecule has 0 spiro atoms. The van der Waals surface area contributed by atoms with Gasteiger partial charge in [-0.05, 0) is 57.3 Å². The summed E-state index contributed by atoms with van der Waals surface area (Å²) < 4.78 is 5.89. The van der Waals surface area contributed by atoms with E-state index >= 15 is 0 Å². The summed E-state index contributed by atoms with van der Waals surface area (Å²) in [6.07, 6.45) is 0. The summed E-state index contributed by atoms with van der Waals surface area (Å²) in [6, 6.07) is 5.60. The van der Waals surface area contributed by atoms with Crippen LogP contribution in [0.15, 0.2) is 18.2 Å². The van der Waals surface area contributed by atoms with E-state index in [4.69, 9.17) is 4.43 Å². The lowest BCUT2D eigenvalue weighted by Gasteiger charge is -2.20. The van der Waals surface area contributed by atoms with Crippen LogP contribution in [0.1, 0.15) is 22.8 Å². The second-order valence-corrected chi connectivity index (χ2v) is 9.18. The van der Waals surface area contributed by atoms with Gasteiger partial charge in [0.05, 0.1) is 0 Å². The molecule has 0 saturated heterocycles. The second-order valence-electron chi connectivity index (χ2n) is 4.75. The van der Waals surface area contributed by atoms with Crippen LogP contribution in [-0.2, 0) is 0 Å². The number of hydrogen-bond acceptors (Lipinski definition) is 2. The molecule has 0 saturated carbocycles. The van der Waals surface area contributed by atoms with E-state index in [2.05, 4.69) is 19.6 Å². The van der Waals surface area contributed by atoms with Crippen LogP contribution in [0.2, 0.25) is 19.6 Å². The largest absolute Gasteiger partial charge is 0.544 e. The molecule has 1 aromatic carbocycles. The van der Waals surface area contributed by atoms with Crippen molar-refractivity contribution >= 4 is 14.1 Å². The Kier molecular flexibility index (Phi) is 3.34. The molecule has 0 aliphatic heterocycles. The molecule has 1 rings (SSSR count). The van der Waals surface area contributed by atoms with Crippen molar-refractivity contribution in [3.8, 4) is 5.75 Å². The Balaban J connectivity index is 2.99. The SMILES string of the molecule is CC(=O)c1ccc(O[Si](C)(C)C)c(C)c1. The molecule has 0 aromatic heterocycles. The molecule has 0 bridgehead atoms. The van der Waals surface area contributed by atoms with Crippen LogP contribution in [0.4, 0.5) is 0 Å². The van der Waals surface area contributed by atoms with Crippen molar-refractivity contribution in [2.45, 2.75) is 33.5 Å². The minimum atomic E-state index is -1.56. The highest BCUT2D eigenvalue weighted by Crippen LogP contribution is 2.22. The van der Waals surface area contributed by atoms with Crippen LogP contribution in [0, 0.1) is 6.92 Å². The van der Waals surface area contributed by atoms with E-state index in [1.165, 1.54) is 0 Å². The van der Waals surface area contributed by atoms with Crippen LogP contribution >= 0.6 is 0 Å². The first kappa shape index (κ1) is 12.0. The van der Waals surface area contributed by atoms with E-state index < -0.39 is 8.32 Å². The average molecular weight is 222 g/mol. The van der Waals surface area contributed by atoms with Gasteiger partial charge in [0.15, 0.2) is 5.78 Å². The first-order valence-electron chi connectivity index (χ1n) is 5.10. The molecule has 0 N–H and O–H groups in total. The maximum absolute atomic E-state index is 11.2. The lowest BCUT2D eigenvalue weighted by Crippen LogP contribution is -2.29. The minimum absolute atomic E-state index is 0.0950. The summed E-state index contributed by atoms with van der Waals surface area (Å²) in [4.78, 5) is 11.2. The van der Waals surface area contributed by atoms with Gasteiger partial charge in [0.2, 0.25) is 8.32 Å². The third-order valence-corrected chi connectivity index (χ3v) is 2.83. The van der Waals surface area contributed by atoms with Crippen LogP contribution in [-0.4, -0.2) is 14.1 Å². The molecule has 0 atom stereocenters. The fraction of sp³-hybridized carbons (Fsp3) is 0.417. The highest BCUT2D eigenvalue weighted by molar-refractivity contribution is 6.70. The number of carbonyl (C=O) groups excluding carboxylic acids is 1. The molecule has 82 valence electrons. The predicted octanol–water partition coefficient (Wildman–Crippen LogP) is 3.41. The molecule has 0 amide bonds. The Morgan fingerprint density at radius 3 is 2.27 bits per heavy atom. The van der Waals surface area contributed by atoms with Crippen LogP contribution in [0.25, 0.3) is 0 Å². The fourth-order valence-corrected chi connectivity index (χ4v) is 2.20. The molecule has 3 heteroatoms. The van der Waals surface area contributed by atoms with E-state index in [0.29, 0.717) is 0 Å². The number of carbonyl (C=O) groups is 1. The number of benzene rings is 1. The molecule has 0 aliphatic rings. The summed E-state index contributed by atoms with van der Waals surface area (Å²) in [5.74, 6) is 0.997. The normalized spacial score (nSPS) is 11.3. The Labute approximate surface area is 92.4 Å². The van der Waals surface area contributed by atoms with Gasteiger partial charge < -0.3 is 4.43 Å². The highest BCUT2D eigenvalue weighted by atomic mass is 28.4. The maximum Gasteiger partial charge on any atom is 0.242 e. The third-order valence-electron chi connectivity index (χ3n) is 2.00. The molecule has 15 heavy (non-hydrogen) atoms. The Hall–Kier alpha value is -1.09. The van der Waals surface area contributed by atoms with Crippen molar-refractivity contribution < 1.29 is 9.22 Å². The minimum Gasteiger partial charge on any atom is -0.544 e. The zero-order valence-corrected chi connectivity index (χ0v) is 11.0. The predicted molar refractivity (Wildman–Crippen MR) is 65.2 cm³/mol. The van der Waals surface area contributed by atoms with Gasteiger partial charge in [-0.15, -0.1) is 0 Å². The molecule has 0 unspecified atom stereocenters. The second kappa shape index (κ2) is 4.19. The number of ketones is 1. The van der Waals surface area contributed by atoms with Crippen molar-refractivity contribution in [1.29, 1.82) is 0 Å². The average Bonchev–Trinajstić information content (AvgIpc) is 2.05. The number of hydrogen-bond donors (Lipinski definition) is 0. The molecular formula is C12H18O2Si. The molecule has 1 aromatic rings. The fourth-order valence-electron chi connectivity index (χ4n) is 1.31. The zero-order chi connectivity index (χ0) is 11.6. The quantitative estimate of drug-likeness (QED) is 0.578. The van der Waals surface area contributed by atoms with Crippen molar-refractivity contribution in [3.05, 3.63) is 29.3 Å². The highest BCUT2D eigenvalue weighted by Gasteiger charge is 2.17. The summed E-state index contributed by atoms with van der Waals surface area (Å²) in [5.41, 5.74) is 1.78. The van der Waals surface area contributed by atoms with E-state index in [1.807, 2.05) is 25.1 Å². The first-order chi connectivity index (χ1) is 6.79. The van der Waals surface area contributed by atoms with Crippen LogP contribution in [0.3, 0.4) is 0 Å². The number of Topliss-reactive ketones (excluding diaryl/α,β-unsaturated/α-hetero) is 1. The monoisotopic (exact) mass is 222 g/mol. The molecule has 0 radical (unpaired) electrons. The van der Waals surface area contributed by atoms with Gasteiger partial charge in [-0.25, -0.2) is 0 Å². The van der Waals surface area contributed by atoms with E-state index in [0.717, 1.165) is 16.9 Å². The van der Waals surface area contributed by atoms with Gasteiger partial charge in [0, 0.05) is 5.56 Å². The first-order valence-corrected chi connectivity index (χ1v) is 8.51. The van der Waals surface area contributed by atoms with Gasteiger partial charge in [0.1, 0.15) is 5.75 Å². The lowest BCUT2D eigenvalue weighted by atomic mass is 10.1. The number of rotatable bonds is 3. The van der Waals surface area contributed by atoms with Gasteiger partial charge >= 0.3 is 0 Å². The van der Waals surface area contributed by atoms with Gasteiger partial charge in [0.25, 0.3) is 0 Å². The Bertz CT molecular complexity index is 378. The third kappa shape index (κ3) is 3.51. The summed E-state index contributed by atoms with van der Waals surface area (Å²) in [5, 5.41) is 0. The molecule has 0 fully saturated rings. The Morgan fingerprint density at radius 1 is 1.27 bits per heavy atom. The Morgan fingerprint density at radius 2 is 1.87 bits per heavy atom. The summed E-state index contributed by atoms with van der Waals surface area (Å²) in [6.45, 7) is 9.98. The lowest BCUT2D eigenvalue weighted by molar-refractivity contribution is 0.101. The van der Waals surface area contributed by atoms with Crippen LogP contribution in [0.5, 0.6) is 5.75 Å².